The molecule has 0 aliphatic rings. The highest BCUT2D eigenvalue weighted by molar-refractivity contribution is 5.85. The molecule has 2 aromatic rings. The summed E-state index contributed by atoms with van der Waals surface area (Å²) in [5.41, 5.74) is 1.57. The van der Waals surface area contributed by atoms with E-state index in [2.05, 4.69) is 16.0 Å². The summed E-state index contributed by atoms with van der Waals surface area (Å²) in [4.78, 5) is 22.2. The molecule has 172 valence electrons. The van der Waals surface area contributed by atoms with Crippen LogP contribution in [-0.2, 0) is 11.3 Å². The smallest absolute Gasteiger partial charge is 0.269 e. The van der Waals surface area contributed by atoms with E-state index < -0.39 is 4.92 Å². The highest BCUT2D eigenvalue weighted by Crippen LogP contribution is 2.18. The SMILES string of the molecule is CC(C)(C)NC(=O)COc1ccccc1CNCCNc1ccc([N+](=O)[O-])cc1.Cl.Cl. The lowest BCUT2D eigenvalue weighted by Gasteiger charge is -2.20. The Labute approximate surface area is 195 Å². The fourth-order valence-electron chi connectivity index (χ4n) is 2.61. The molecule has 0 radical (unpaired) electrons. The van der Waals surface area contributed by atoms with Gasteiger partial charge < -0.3 is 20.7 Å². The van der Waals surface area contributed by atoms with Gasteiger partial charge >= 0.3 is 0 Å². The zero-order valence-corrected chi connectivity index (χ0v) is 19.5. The van der Waals surface area contributed by atoms with E-state index in [0.717, 1.165) is 11.3 Å². The second-order valence-corrected chi connectivity index (χ2v) is 7.60. The van der Waals surface area contributed by atoms with E-state index in [1.165, 1.54) is 12.1 Å². The van der Waals surface area contributed by atoms with Crippen LogP contribution in [0.5, 0.6) is 5.75 Å². The number of hydrogen-bond donors (Lipinski definition) is 3. The average Bonchev–Trinajstić information content (AvgIpc) is 2.66. The van der Waals surface area contributed by atoms with Gasteiger partial charge in [-0.15, -0.1) is 24.8 Å². The Morgan fingerprint density at radius 2 is 1.68 bits per heavy atom. The van der Waals surface area contributed by atoms with Crippen molar-refractivity contribution in [2.24, 2.45) is 0 Å². The third kappa shape index (κ3) is 10.9. The van der Waals surface area contributed by atoms with Gasteiger partial charge in [-0.2, -0.15) is 0 Å². The number of hydrogen-bond acceptors (Lipinski definition) is 6. The lowest BCUT2D eigenvalue weighted by Crippen LogP contribution is -2.43. The molecule has 0 bridgehead atoms. The molecule has 0 saturated heterocycles. The minimum absolute atomic E-state index is 0. The molecule has 0 unspecified atom stereocenters. The maximum absolute atomic E-state index is 11.9. The van der Waals surface area contributed by atoms with E-state index >= 15 is 0 Å². The molecule has 1 amide bonds. The van der Waals surface area contributed by atoms with E-state index in [-0.39, 0.29) is 48.6 Å². The van der Waals surface area contributed by atoms with Gasteiger partial charge in [-0.1, -0.05) is 18.2 Å². The lowest BCUT2D eigenvalue weighted by molar-refractivity contribution is -0.384. The van der Waals surface area contributed by atoms with E-state index in [4.69, 9.17) is 4.74 Å². The van der Waals surface area contributed by atoms with Gasteiger partial charge in [0.25, 0.3) is 11.6 Å². The molecule has 0 spiro atoms. The first kappa shape index (κ1) is 28.5. The summed E-state index contributed by atoms with van der Waals surface area (Å²) in [5.74, 6) is 0.514. The van der Waals surface area contributed by atoms with Gasteiger partial charge in [0.15, 0.2) is 6.61 Å². The maximum Gasteiger partial charge on any atom is 0.269 e. The summed E-state index contributed by atoms with van der Waals surface area (Å²) in [6.45, 7) is 7.69. The van der Waals surface area contributed by atoms with Gasteiger partial charge in [-0.3, -0.25) is 14.9 Å². The third-order valence-corrected chi connectivity index (χ3v) is 3.87. The van der Waals surface area contributed by atoms with E-state index in [9.17, 15) is 14.9 Å². The molecule has 0 fully saturated rings. The number of para-hydroxylation sites is 1. The molecular formula is C21H30Cl2N4O4. The number of nitrogens with zero attached hydrogens (tertiary/aromatic N) is 1. The monoisotopic (exact) mass is 472 g/mol. The van der Waals surface area contributed by atoms with Crippen LogP contribution in [0.15, 0.2) is 48.5 Å². The zero-order chi connectivity index (χ0) is 21.3. The van der Waals surface area contributed by atoms with Gasteiger partial charge in [0.05, 0.1) is 4.92 Å². The topological polar surface area (TPSA) is 106 Å². The van der Waals surface area contributed by atoms with Gasteiger partial charge in [0.2, 0.25) is 0 Å². The van der Waals surface area contributed by atoms with E-state index in [1.54, 1.807) is 12.1 Å². The standard InChI is InChI=1S/C21H28N4O4.2ClH/c1-21(2,3)24-20(26)15-29-19-7-5-4-6-16(19)14-22-12-13-23-17-8-10-18(11-9-17)25(27)28;;/h4-11,22-23H,12-15H2,1-3H3,(H,24,26);2*1H. The summed E-state index contributed by atoms with van der Waals surface area (Å²) in [7, 11) is 0. The number of carbonyl (C=O) groups excluding carboxylic acids is 1. The quantitative estimate of drug-likeness (QED) is 0.274. The summed E-state index contributed by atoms with van der Waals surface area (Å²) in [6.07, 6.45) is 0. The number of nitrogens with one attached hydrogen (secondary N) is 3. The summed E-state index contributed by atoms with van der Waals surface area (Å²) in [6, 6.07) is 13.9. The number of nitro benzene ring substituents is 1. The Balaban J connectivity index is 0.00000450. The third-order valence-electron chi connectivity index (χ3n) is 3.87. The summed E-state index contributed by atoms with van der Waals surface area (Å²) < 4.78 is 5.68. The number of amides is 1. The van der Waals surface area contributed by atoms with Crippen LogP contribution in [0.25, 0.3) is 0 Å². The van der Waals surface area contributed by atoms with Crippen LogP contribution >= 0.6 is 24.8 Å². The number of non-ortho nitro benzene ring substituents is 1. The number of anilines is 1. The number of halogens is 2. The van der Waals surface area contributed by atoms with Crippen molar-refractivity contribution in [3.05, 3.63) is 64.2 Å². The molecule has 0 saturated carbocycles. The second kappa shape index (κ2) is 13.7. The fourth-order valence-corrected chi connectivity index (χ4v) is 2.61. The number of rotatable bonds is 10. The molecule has 0 heterocycles. The van der Waals surface area contributed by atoms with Crippen LogP contribution < -0.4 is 20.7 Å². The van der Waals surface area contributed by atoms with Crippen molar-refractivity contribution in [3.8, 4) is 5.75 Å². The predicted octanol–water partition coefficient (Wildman–Crippen LogP) is 3.93. The average molecular weight is 473 g/mol. The van der Waals surface area contributed by atoms with Crippen molar-refractivity contribution in [2.45, 2.75) is 32.9 Å². The van der Waals surface area contributed by atoms with Gasteiger partial charge in [0, 0.05) is 48.6 Å². The normalized spacial score (nSPS) is 10.3. The molecule has 0 atom stereocenters. The molecule has 0 aliphatic carbocycles. The minimum atomic E-state index is -0.419. The molecule has 10 heteroatoms. The molecule has 0 aliphatic heterocycles. The molecule has 2 aromatic carbocycles. The van der Waals surface area contributed by atoms with Crippen LogP contribution in [0.4, 0.5) is 11.4 Å². The number of ether oxygens (including phenoxy) is 1. The van der Waals surface area contributed by atoms with Crippen molar-refractivity contribution >= 4 is 42.1 Å². The van der Waals surface area contributed by atoms with Crippen LogP contribution in [-0.4, -0.2) is 36.1 Å². The van der Waals surface area contributed by atoms with Crippen molar-refractivity contribution in [2.75, 3.05) is 25.0 Å². The van der Waals surface area contributed by atoms with E-state index in [0.29, 0.717) is 25.4 Å². The Morgan fingerprint density at radius 1 is 1.03 bits per heavy atom. The van der Waals surface area contributed by atoms with Crippen molar-refractivity contribution < 1.29 is 14.5 Å². The van der Waals surface area contributed by atoms with E-state index in [1.807, 2.05) is 45.0 Å². The molecule has 2 rings (SSSR count). The van der Waals surface area contributed by atoms with Crippen molar-refractivity contribution in [1.29, 1.82) is 0 Å². The lowest BCUT2D eigenvalue weighted by atomic mass is 10.1. The summed E-state index contributed by atoms with van der Waals surface area (Å²) >= 11 is 0. The Morgan fingerprint density at radius 3 is 2.29 bits per heavy atom. The second-order valence-electron chi connectivity index (χ2n) is 7.60. The Hall–Kier alpha value is -2.55. The Kier molecular flexibility index (Phi) is 12.6. The first-order valence-corrected chi connectivity index (χ1v) is 9.45. The van der Waals surface area contributed by atoms with Gasteiger partial charge in [-0.05, 0) is 39.0 Å². The van der Waals surface area contributed by atoms with Crippen LogP contribution in [0.2, 0.25) is 0 Å². The Bertz CT molecular complexity index is 827. The largest absolute Gasteiger partial charge is 0.483 e. The van der Waals surface area contributed by atoms with Crippen LogP contribution in [0.3, 0.4) is 0 Å². The minimum Gasteiger partial charge on any atom is -0.483 e. The van der Waals surface area contributed by atoms with Gasteiger partial charge in [0.1, 0.15) is 5.75 Å². The number of carbonyl (C=O) groups is 1. The van der Waals surface area contributed by atoms with Crippen LogP contribution in [0.1, 0.15) is 26.3 Å². The zero-order valence-electron chi connectivity index (χ0n) is 17.8. The number of benzene rings is 2. The van der Waals surface area contributed by atoms with Crippen molar-refractivity contribution in [3.63, 3.8) is 0 Å². The van der Waals surface area contributed by atoms with Gasteiger partial charge in [-0.25, -0.2) is 0 Å². The molecule has 8 nitrogen and oxygen atoms in total. The molecule has 31 heavy (non-hydrogen) atoms. The molecular weight excluding hydrogens is 443 g/mol. The van der Waals surface area contributed by atoms with Crippen LogP contribution in [0, 0.1) is 10.1 Å². The summed E-state index contributed by atoms with van der Waals surface area (Å²) in [5, 5.41) is 20.1. The first-order chi connectivity index (χ1) is 13.7. The maximum atomic E-state index is 11.9. The highest BCUT2D eigenvalue weighted by Gasteiger charge is 2.14. The van der Waals surface area contributed by atoms with Crippen molar-refractivity contribution in [1.82, 2.24) is 10.6 Å². The molecule has 0 aromatic heterocycles. The predicted molar refractivity (Wildman–Crippen MR) is 128 cm³/mol. The highest BCUT2D eigenvalue weighted by atomic mass is 35.5. The number of nitro groups is 1. The fraction of sp³-hybridized carbons (Fsp3) is 0.381. The molecule has 3 N–H and O–H groups in total. The first-order valence-electron chi connectivity index (χ1n) is 9.45.